The van der Waals surface area contributed by atoms with Crippen LogP contribution >= 0.6 is 0 Å². The first-order valence-electron chi connectivity index (χ1n) is 9.49. The van der Waals surface area contributed by atoms with E-state index in [1.807, 2.05) is 0 Å². The standard InChI is InChI=1S/C16H17F3N4O3.C3H6/c1-20-12-5-9-7-23(6-8(9)4-10(12)16(17,18)19)13(24)3-2-11-14(25)22-15(26)21-11;1-2-3-1/h4-5,11,20H,2-3,6-7H2,1H3,(H2,21,22,25,26);1-3H2/t11-;/m1./s1. The predicted molar refractivity (Wildman–Crippen MR) is 98.8 cm³/mol. The molecule has 7 nitrogen and oxygen atoms in total. The summed E-state index contributed by atoms with van der Waals surface area (Å²) in [6.07, 6.45) is 0.162. The van der Waals surface area contributed by atoms with Crippen molar-refractivity contribution in [1.29, 1.82) is 0 Å². The second-order valence-electron chi connectivity index (χ2n) is 7.28. The zero-order valence-electron chi connectivity index (χ0n) is 16.0. The fourth-order valence-electron chi connectivity index (χ4n) is 3.16. The lowest BCUT2D eigenvalue weighted by Crippen LogP contribution is -2.32. The molecule has 158 valence electrons. The molecule has 2 heterocycles. The minimum atomic E-state index is -4.49. The topological polar surface area (TPSA) is 90.5 Å². The van der Waals surface area contributed by atoms with Crippen molar-refractivity contribution < 1.29 is 27.6 Å². The molecule has 1 aromatic rings. The van der Waals surface area contributed by atoms with Gasteiger partial charge in [-0.3, -0.25) is 14.9 Å². The van der Waals surface area contributed by atoms with Crippen LogP contribution in [0.2, 0.25) is 0 Å². The molecule has 1 aliphatic carbocycles. The number of nitrogens with one attached hydrogen (secondary N) is 3. The maximum absolute atomic E-state index is 13.1. The summed E-state index contributed by atoms with van der Waals surface area (Å²) in [6.45, 7) is 0.300. The molecule has 2 fully saturated rings. The summed E-state index contributed by atoms with van der Waals surface area (Å²) < 4.78 is 39.4. The molecule has 0 bridgehead atoms. The molecule has 1 aromatic carbocycles. The highest BCUT2D eigenvalue weighted by molar-refractivity contribution is 6.04. The number of alkyl halides is 3. The summed E-state index contributed by atoms with van der Waals surface area (Å²) in [7, 11) is 1.41. The van der Waals surface area contributed by atoms with Crippen LogP contribution in [0.5, 0.6) is 0 Å². The van der Waals surface area contributed by atoms with Crippen LogP contribution in [0.3, 0.4) is 0 Å². The van der Waals surface area contributed by atoms with Gasteiger partial charge >= 0.3 is 12.2 Å². The second kappa shape index (κ2) is 8.30. The normalized spacial score (nSPS) is 19.7. The first-order valence-corrected chi connectivity index (χ1v) is 9.49. The third kappa shape index (κ3) is 5.18. The lowest BCUT2D eigenvalue weighted by Gasteiger charge is -2.16. The van der Waals surface area contributed by atoms with Gasteiger partial charge in [0.2, 0.25) is 5.91 Å². The molecule has 29 heavy (non-hydrogen) atoms. The van der Waals surface area contributed by atoms with E-state index < -0.39 is 29.7 Å². The molecular formula is C19H23F3N4O3. The monoisotopic (exact) mass is 412 g/mol. The minimum Gasteiger partial charge on any atom is -0.388 e. The third-order valence-corrected chi connectivity index (χ3v) is 4.85. The number of amides is 4. The van der Waals surface area contributed by atoms with Crippen molar-refractivity contribution in [2.45, 2.75) is 57.4 Å². The summed E-state index contributed by atoms with van der Waals surface area (Å²) in [5.41, 5.74) is 0.313. The average molecular weight is 412 g/mol. The molecule has 0 spiro atoms. The molecule has 2 aliphatic heterocycles. The number of hydrogen-bond acceptors (Lipinski definition) is 4. The van der Waals surface area contributed by atoms with Gasteiger partial charge in [-0.15, -0.1) is 0 Å². The SMILES string of the molecule is C1CC1.CNc1cc2c(cc1C(F)(F)F)CN(C(=O)CC[C@H]1NC(=O)NC1=O)C2. The van der Waals surface area contributed by atoms with E-state index in [-0.39, 0.29) is 37.5 Å². The number of halogens is 3. The molecule has 1 saturated heterocycles. The van der Waals surface area contributed by atoms with Crippen LogP contribution in [0, 0.1) is 0 Å². The Hall–Kier alpha value is -2.78. The number of nitrogens with zero attached hydrogens (tertiary/aromatic N) is 1. The van der Waals surface area contributed by atoms with E-state index in [0.29, 0.717) is 11.1 Å². The van der Waals surface area contributed by atoms with Crippen molar-refractivity contribution in [3.8, 4) is 0 Å². The van der Waals surface area contributed by atoms with E-state index in [4.69, 9.17) is 0 Å². The molecule has 0 aromatic heterocycles. The first-order chi connectivity index (χ1) is 13.7. The zero-order valence-corrected chi connectivity index (χ0v) is 16.0. The van der Waals surface area contributed by atoms with Crippen LogP contribution in [0.4, 0.5) is 23.7 Å². The molecule has 1 saturated carbocycles. The molecule has 0 radical (unpaired) electrons. The number of benzene rings is 1. The van der Waals surface area contributed by atoms with Crippen LogP contribution in [0.25, 0.3) is 0 Å². The smallest absolute Gasteiger partial charge is 0.388 e. The average Bonchev–Trinajstić information content (AvgIpc) is 3.42. The lowest BCUT2D eigenvalue weighted by molar-refractivity contribution is -0.137. The zero-order chi connectivity index (χ0) is 21.2. The van der Waals surface area contributed by atoms with Crippen molar-refractivity contribution in [2.24, 2.45) is 0 Å². The number of urea groups is 1. The Balaban J connectivity index is 0.000000732. The van der Waals surface area contributed by atoms with Gasteiger partial charge in [0.15, 0.2) is 0 Å². The number of fused-ring (bicyclic) bond motifs is 1. The number of carbonyl (C=O) groups is 3. The van der Waals surface area contributed by atoms with Crippen LogP contribution in [0.1, 0.15) is 48.8 Å². The van der Waals surface area contributed by atoms with Gasteiger partial charge in [-0.2, -0.15) is 13.2 Å². The Bertz CT molecular complexity index is 821. The van der Waals surface area contributed by atoms with Gasteiger partial charge in [-0.1, -0.05) is 19.3 Å². The number of imide groups is 1. The van der Waals surface area contributed by atoms with Crippen molar-refractivity contribution in [1.82, 2.24) is 15.5 Å². The second-order valence-corrected chi connectivity index (χ2v) is 7.28. The highest BCUT2D eigenvalue weighted by Gasteiger charge is 2.36. The molecule has 4 rings (SSSR count). The fraction of sp³-hybridized carbons (Fsp3) is 0.526. The first kappa shape index (κ1) is 20.9. The van der Waals surface area contributed by atoms with Crippen molar-refractivity contribution in [3.05, 3.63) is 28.8 Å². The van der Waals surface area contributed by atoms with E-state index in [1.54, 1.807) is 0 Å². The quantitative estimate of drug-likeness (QED) is 0.664. The Morgan fingerprint density at radius 3 is 2.28 bits per heavy atom. The summed E-state index contributed by atoms with van der Waals surface area (Å²) in [6, 6.07) is 1.12. The van der Waals surface area contributed by atoms with Crippen molar-refractivity contribution >= 4 is 23.5 Å². The highest BCUT2D eigenvalue weighted by atomic mass is 19.4. The van der Waals surface area contributed by atoms with E-state index in [1.165, 1.54) is 37.3 Å². The Morgan fingerprint density at radius 1 is 1.17 bits per heavy atom. The molecule has 3 aliphatic rings. The van der Waals surface area contributed by atoms with Gasteiger partial charge in [0, 0.05) is 32.2 Å². The Morgan fingerprint density at radius 2 is 1.79 bits per heavy atom. The van der Waals surface area contributed by atoms with Crippen LogP contribution in [-0.2, 0) is 28.9 Å². The maximum atomic E-state index is 13.1. The molecular weight excluding hydrogens is 389 g/mol. The van der Waals surface area contributed by atoms with E-state index in [2.05, 4.69) is 16.0 Å². The molecule has 1 atom stereocenters. The molecule has 0 unspecified atom stereocenters. The van der Waals surface area contributed by atoms with Crippen molar-refractivity contribution in [2.75, 3.05) is 12.4 Å². The van der Waals surface area contributed by atoms with Crippen LogP contribution in [0.15, 0.2) is 12.1 Å². The van der Waals surface area contributed by atoms with Gasteiger partial charge in [-0.25, -0.2) is 4.79 Å². The largest absolute Gasteiger partial charge is 0.418 e. The van der Waals surface area contributed by atoms with Gasteiger partial charge < -0.3 is 15.5 Å². The van der Waals surface area contributed by atoms with Gasteiger partial charge in [0.05, 0.1) is 5.56 Å². The molecule has 10 heteroatoms. The fourth-order valence-corrected chi connectivity index (χ4v) is 3.16. The third-order valence-electron chi connectivity index (χ3n) is 4.85. The Kier molecular flexibility index (Phi) is 5.99. The van der Waals surface area contributed by atoms with Gasteiger partial charge in [-0.05, 0) is 29.7 Å². The number of anilines is 1. The molecule has 3 N–H and O–H groups in total. The predicted octanol–water partition coefficient (Wildman–Crippen LogP) is 2.75. The van der Waals surface area contributed by atoms with E-state index in [0.717, 1.165) is 6.07 Å². The number of carbonyl (C=O) groups excluding carboxylic acids is 3. The van der Waals surface area contributed by atoms with Crippen molar-refractivity contribution in [3.63, 3.8) is 0 Å². The van der Waals surface area contributed by atoms with E-state index >= 15 is 0 Å². The van der Waals surface area contributed by atoms with Crippen LogP contribution in [-0.4, -0.2) is 35.8 Å². The number of hydrogen-bond donors (Lipinski definition) is 3. The summed E-state index contributed by atoms with van der Waals surface area (Å²) >= 11 is 0. The van der Waals surface area contributed by atoms with Crippen LogP contribution < -0.4 is 16.0 Å². The number of rotatable bonds is 4. The van der Waals surface area contributed by atoms with E-state index in [9.17, 15) is 27.6 Å². The lowest BCUT2D eigenvalue weighted by atomic mass is 10.0. The summed E-state index contributed by atoms with van der Waals surface area (Å²) in [4.78, 5) is 36.3. The minimum absolute atomic E-state index is 0.0113. The molecule has 4 amide bonds. The summed E-state index contributed by atoms with van der Waals surface area (Å²) in [5.74, 6) is -0.768. The van der Waals surface area contributed by atoms with Gasteiger partial charge in [0.1, 0.15) is 6.04 Å². The maximum Gasteiger partial charge on any atom is 0.418 e. The summed E-state index contributed by atoms with van der Waals surface area (Å²) in [5, 5.41) is 7.02. The highest BCUT2D eigenvalue weighted by Crippen LogP contribution is 2.38. The van der Waals surface area contributed by atoms with Gasteiger partial charge in [0.25, 0.3) is 5.91 Å². The Labute approximate surface area is 166 Å².